The molecule has 0 aromatic heterocycles. The number of amides is 2. The summed E-state index contributed by atoms with van der Waals surface area (Å²) in [5, 5.41) is 5.48. The summed E-state index contributed by atoms with van der Waals surface area (Å²) in [5.74, 6) is -0.0886. The van der Waals surface area contributed by atoms with Crippen molar-refractivity contribution in [2.24, 2.45) is 11.1 Å². The molecule has 4 N–H and O–H groups in total. The first-order valence-electron chi connectivity index (χ1n) is 5.60. The third kappa shape index (κ3) is 3.81. The molecule has 0 spiro atoms. The Labute approximate surface area is 96.1 Å². The molecule has 5 nitrogen and oxygen atoms in total. The van der Waals surface area contributed by atoms with Crippen LogP contribution < -0.4 is 16.4 Å². The lowest BCUT2D eigenvalue weighted by atomic mass is 9.85. The molecule has 2 unspecified atom stereocenters. The van der Waals surface area contributed by atoms with E-state index in [4.69, 9.17) is 5.73 Å². The fraction of sp³-hybridized carbons (Fsp3) is 0.818. The predicted molar refractivity (Wildman–Crippen MR) is 61.6 cm³/mol. The monoisotopic (exact) mass is 227 g/mol. The molecule has 0 aromatic carbocycles. The molecule has 1 fully saturated rings. The number of carbonyl (C=O) groups is 2. The van der Waals surface area contributed by atoms with E-state index in [1.165, 1.54) is 0 Å². The van der Waals surface area contributed by atoms with Gasteiger partial charge in [0.15, 0.2) is 0 Å². The van der Waals surface area contributed by atoms with Crippen molar-refractivity contribution in [3.05, 3.63) is 0 Å². The van der Waals surface area contributed by atoms with Crippen LogP contribution in [0.25, 0.3) is 0 Å². The second-order valence-corrected chi connectivity index (χ2v) is 5.45. The maximum Gasteiger partial charge on any atom is 0.222 e. The van der Waals surface area contributed by atoms with Gasteiger partial charge in [-0.1, -0.05) is 20.8 Å². The van der Waals surface area contributed by atoms with Crippen molar-refractivity contribution >= 4 is 11.8 Å². The minimum Gasteiger partial charge on any atom is -0.354 e. The Morgan fingerprint density at radius 2 is 2.25 bits per heavy atom. The van der Waals surface area contributed by atoms with Crippen LogP contribution in [0.2, 0.25) is 0 Å². The second kappa shape index (κ2) is 4.82. The third-order valence-corrected chi connectivity index (χ3v) is 2.86. The van der Waals surface area contributed by atoms with E-state index in [1.54, 1.807) is 0 Å². The fourth-order valence-corrected chi connectivity index (χ4v) is 1.50. The predicted octanol–water partition coefficient (Wildman–Crippen LogP) is -0.245. The van der Waals surface area contributed by atoms with Crippen molar-refractivity contribution < 1.29 is 9.59 Å². The molecule has 1 heterocycles. The molecule has 0 bridgehead atoms. The van der Waals surface area contributed by atoms with Crippen LogP contribution >= 0.6 is 0 Å². The Hall–Kier alpha value is -1.10. The molecule has 16 heavy (non-hydrogen) atoms. The lowest BCUT2D eigenvalue weighted by Crippen LogP contribution is -2.43. The summed E-state index contributed by atoms with van der Waals surface area (Å²) in [5.41, 5.74) is 5.83. The molecule has 0 saturated carbocycles. The lowest BCUT2D eigenvalue weighted by Gasteiger charge is -2.26. The average molecular weight is 227 g/mol. The standard InChI is InChI=1S/C11H21N3O2/c1-11(2,3)8(12)5-10(16)14-7-4-9(15)13-6-7/h7-8H,4-6,12H2,1-3H3,(H,13,15)(H,14,16). The molecule has 1 aliphatic heterocycles. The van der Waals surface area contributed by atoms with Gasteiger partial charge in [-0.05, 0) is 5.41 Å². The Morgan fingerprint density at radius 1 is 1.62 bits per heavy atom. The van der Waals surface area contributed by atoms with E-state index in [0.717, 1.165) is 0 Å². The van der Waals surface area contributed by atoms with Crippen LogP contribution in [0.3, 0.4) is 0 Å². The van der Waals surface area contributed by atoms with Gasteiger partial charge in [0.1, 0.15) is 0 Å². The van der Waals surface area contributed by atoms with Crippen LogP contribution in [-0.2, 0) is 9.59 Å². The van der Waals surface area contributed by atoms with Gasteiger partial charge < -0.3 is 16.4 Å². The second-order valence-electron chi connectivity index (χ2n) is 5.45. The van der Waals surface area contributed by atoms with Crippen molar-refractivity contribution in [3.63, 3.8) is 0 Å². The molecule has 1 aliphatic rings. The summed E-state index contributed by atoms with van der Waals surface area (Å²) in [6.45, 7) is 6.54. The topological polar surface area (TPSA) is 84.2 Å². The largest absolute Gasteiger partial charge is 0.354 e. The van der Waals surface area contributed by atoms with Crippen molar-refractivity contribution in [1.29, 1.82) is 0 Å². The Kier molecular flexibility index (Phi) is 3.91. The molecule has 1 saturated heterocycles. The summed E-state index contributed by atoms with van der Waals surface area (Å²) >= 11 is 0. The third-order valence-electron chi connectivity index (χ3n) is 2.86. The summed E-state index contributed by atoms with van der Waals surface area (Å²) < 4.78 is 0. The first-order valence-corrected chi connectivity index (χ1v) is 5.60. The first-order chi connectivity index (χ1) is 7.29. The number of rotatable bonds is 3. The maximum atomic E-state index is 11.6. The zero-order valence-corrected chi connectivity index (χ0v) is 10.2. The van der Waals surface area contributed by atoms with E-state index in [0.29, 0.717) is 19.4 Å². The normalized spacial score (nSPS) is 22.8. The van der Waals surface area contributed by atoms with E-state index in [2.05, 4.69) is 10.6 Å². The first kappa shape index (κ1) is 13.0. The van der Waals surface area contributed by atoms with Gasteiger partial charge in [0.25, 0.3) is 0 Å². The summed E-state index contributed by atoms with van der Waals surface area (Å²) in [7, 11) is 0. The van der Waals surface area contributed by atoms with Gasteiger partial charge in [-0.3, -0.25) is 9.59 Å². The quantitative estimate of drug-likeness (QED) is 0.622. The smallest absolute Gasteiger partial charge is 0.222 e. The van der Waals surface area contributed by atoms with Crippen LogP contribution in [0.4, 0.5) is 0 Å². The van der Waals surface area contributed by atoms with E-state index in [1.807, 2.05) is 20.8 Å². The SMILES string of the molecule is CC(C)(C)C(N)CC(=O)NC1CNC(=O)C1. The van der Waals surface area contributed by atoms with Crippen LogP contribution in [0.15, 0.2) is 0 Å². The van der Waals surface area contributed by atoms with Crippen molar-refractivity contribution in [2.75, 3.05) is 6.54 Å². The van der Waals surface area contributed by atoms with Crippen molar-refractivity contribution in [2.45, 2.75) is 45.7 Å². The summed E-state index contributed by atoms with van der Waals surface area (Å²) in [4.78, 5) is 22.6. The molecule has 1 rings (SSSR count). The number of nitrogens with one attached hydrogen (secondary N) is 2. The highest BCUT2D eigenvalue weighted by atomic mass is 16.2. The summed E-state index contributed by atoms with van der Waals surface area (Å²) in [6, 6.07) is -0.246. The van der Waals surface area contributed by atoms with Crippen molar-refractivity contribution in [3.8, 4) is 0 Å². The molecular formula is C11H21N3O2. The van der Waals surface area contributed by atoms with E-state index in [9.17, 15) is 9.59 Å². The van der Waals surface area contributed by atoms with Gasteiger partial charge in [-0.2, -0.15) is 0 Å². The molecule has 2 atom stereocenters. The Morgan fingerprint density at radius 3 is 2.69 bits per heavy atom. The van der Waals surface area contributed by atoms with Gasteiger partial charge in [-0.25, -0.2) is 0 Å². The Bertz CT molecular complexity index is 283. The zero-order valence-electron chi connectivity index (χ0n) is 10.2. The Balaban J connectivity index is 2.34. The van der Waals surface area contributed by atoms with Crippen LogP contribution in [0, 0.1) is 5.41 Å². The van der Waals surface area contributed by atoms with Crippen molar-refractivity contribution in [1.82, 2.24) is 10.6 Å². The van der Waals surface area contributed by atoms with Crippen LogP contribution in [0.5, 0.6) is 0 Å². The van der Waals surface area contributed by atoms with Crippen LogP contribution in [-0.4, -0.2) is 30.4 Å². The van der Waals surface area contributed by atoms with E-state index < -0.39 is 0 Å². The molecule has 2 amide bonds. The molecule has 5 heteroatoms. The van der Waals surface area contributed by atoms with Gasteiger partial charge in [-0.15, -0.1) is 0 Å². The van der Waals surface area contributed by atoms with Gasteiger partial charge >= 0.3 is 0 Å². The number of hydrogen-bond donors (Lipinski definition) is 3. The minimum atomic E-state index is -0.169. The van der Waals surface area contributed by atoms with Gasteiger partial charge in [0.05, 0.1) is 6.04 Å². The lowest BCUT2D eigenvalue weighted by molar-refractivity contribution is -0.122. The number of carbonyl (C=O) groups excluding carboxylic acids is 2. The highest BCUT2D eigenvalue weighted by Crippen LogP contribution is 2.19. The number of hydrogen-bond acceptors (Lipinski definition) is 3. The van der Waals surface area contributed by atoms with Gasteiger partial charge in [0, 0.05) is 25.4 Å². The molecule has 92 valence electrons. The minimum absolute atomic E-state index is 0.00887. The molecule has 0 aromatic rings. The van der Waals surface area contributed by atoms with Crippen LogP contribution in [0.1, 0.15) is 33.6 Å². The average Bonchev–Trinajstić information content (AvgIpc) is 2.49. The molecule has 0 aliphatic carbocycles. The molecule has 0 radical (unpaired) electrons. The summed E-state index contributed by atoms with van der Waals surface area (Å²) in [6.07, 6.45) is 0.671. The van der Waals surface area contributed by atoms with E-state index in [-0.39, 0.29) is 29.3 Å². The fourth-order valence-electron chi connectivity index (χ4n) is 1.50. The highest BCUT2D eigenvalue weighted by molar-refractivity contribution is 5.82. The van der Waals surface area contributed by atoms with E-state index >= 15 is 0 Å². The number of nitrogens with two attached hydrogens (primary N) is 1. The maximum absolute atomic E-state index is 11.6. The zero-order chi connectivity index (χ0) is 12.3. The highest BCUT2D eigenvalue weighted by Gasteiger charge is 2.26. The molecular weight excluding hydrogens is 206 g/mol. The van der Waals surface area contributed by atoms with Gasteiger partial charge in [0.2, 0.25) is 11.8 Å².